The van der Waals surface area contributed by atoms with Gasteiger partial charge in [0.1, 0.15) is 6.04 Å². The van der Waals surface area contributed by atoms with Crippen molar-refractivity contribution in [3.63, 3.8) is 0 Å². The number of rotatable bonds is 16. The third-order valence-corrected chi connectivity index (χ3v) is 6.45. The van der Waals surface area contributed by atoms with Crippen molar-refractivity contribution in [3.05, 3.63) is 35.9 Å². The lowest BCUT2D eigenvalue weighted by Gasteiger charge is -2.28. The summed E-state index contributed by atoms with van der Waals surface area (Å²) in [4.78, 5) is 33.5. The summed E-state index contributed by atoms with van der Waals surface area (Å²) in [6.45, 7) is 5.42. The lowest BCUT2D eigenvalue weighted by Crippen LogP contribution is -2.55. The zero-order chi connectivity index (χ0) is 29.3. The van der Waals surface area contributed by atoms with E-state index in [1.54, 1.807) is 11.8 Å². The highest BCUT2D eigenvalue weighted by molar-refractivity contribution is 7.98. The van der Waals surface area contributed by atoms with E-state index in [1.165, 1.54) is 0 Å². The van der Waals surface area contributed by atoms with Gasteiger partial charge in [0, 0.05) is 30.9 Å². The van der Waals surface area contributed by atoms with Gasteiger partial charge in [-0.3, -0.25) is 4.79 Å². The van der Waals surface area contributed by atoms with Crippen LogP contribution in [0.2, 0.25) is 0 Å². The molecule has 7 N–H and O–H groups in total. The van der Waals surface area contributed by atoms with E-state index in [2.05, 4.69) is 42.4 Å². The van der Waals surface area contributed by atoms with E-state index in [0.29, 0.717) is 43.4 Å². The molecule has 9 nitrogen and oxygen atoms in total. The van der Waals surface area contributed by atoms with Crippen molar-refractivity contribution >= 4 is 42.2 Å². The van der Waals surface area contributed by atoms with E-state index in [9.17, 15) is 27.9 Å². The van der Waals surface area contributed by atoms with Crippen LogP contribution < -0.4 is 21.7 Å². The fourth-order valence-electron chi connectivity index (χ4n) is 3.05. The number of benzene rings is 1. The van der Waals surface area contributed by atoms with Crippen LogP contribution in [-0.2, 0) is 20.8 Å². The lowest BCUT2D eigenvalue weighted by molar-refractivity contribution is -0.192. The average Bonchev–Trinajstić information content (AvgIpc) is 2.85. The Morgan fingerprint density at radius 2 is 1.63 bits per heavy atom. The maximum atomic E-state index is 13.0. The van der Waals surface area contributed by atoms with Crippen LogP contribution in [0.15, 0.2) is 30.3 Å². The zero-order valence-corrected chi connectivity index (χ0v) is 23.4. The number of thioether (sulfide) groups is 1. The molecule has 14 heteroatoms. The molecule has 0 heterocycles. The molecule has 0 spiro atoms. The molecular weight excluding hydrogens is 545 g/mol. The second-order valence-corrected chi connectivity index (χ2v) is 10.2. The van der Waals surface area contributed by atoms with Crippen molar-refractivity contribution in [1.82, 2.24) is 16.0 Å². The number of alkyl halides is 3. The molecule has 4 atom stereocenters. The van der Waals surface area contributed by atoms with E-state index >= 15 is 0 Å². The SMILES string of the molecule is CSCCC(NC(=O)C(Cc1ccccc1)NCC(NCC(N)CS)C(C)C)C(=O)O.O=C(O)C(F)(F)F. The maximum absolute atomic E-state index is 13.0. The molecule has 0 radical (unpaired) electrons. The molecule has 0 aliphatic carbocycles. The molecule has 4 unspecified atom stereocenters. The van der Waals surface area contributed by atoms with Gasteiger partial charge in [0.2, 0.25) is 5.91 Å². The van der Waals surface area contributed by atoms with Crippen molar-refractivity contribution in [1.29, 1.82) is 0 Å². The van der Waals surface area contributed by atoms with Gasteiger partial charge in [-0.25, -0.2) is 9.59 Å². The van der Waals surface area contributed by atoms with Gasteiger partial charge in [0.15, 0.2) is 0 Å². The van der Waals surface area contributed by atoms with Gasteiger partial charge in [-0.15, -0.1) is 0 Å². The Labute approximate surface area is 231 Å². The van der Waals surface area contributed by atoms with Crippen molar-refractivity contribution in [2.75, 3.05) is 30.9 Å². The number of carboxylic acid groups (broad SMARTS) is 2. The Hall–Kier alpha value is -2.00. The summed E-state index contributed by atoms with van der Waals surface area (Å²) >= 11 is 5.78. The molecule has 0 aliphatic rings. The van der Waals surface area contributed by atoms with Crippen LogP contribution in [-0.4, -0.2) is 89.3 Å². The quantitative estimate of drug-likeness (QED) is 0.145. The maximum Gasteiger partial charge on any atom is 0.490 e. The minimum atomic E-state index is -5.08. The first-order valence-electron chi connectivity index (χ1n) is 11.9. The Balaban J connectivity index is 0.00000171. The molecule has 0 bridgehead atoms. The highest BCUT2D eigenvalue weighted by Gasteiger charge is 2.38. The number of aliphatic carboxylic acids is 2. The second-order valence-electron chi connectivity index (χ2n) is 8.84. The monoisotopic (exact) mass is 584 g/mol. The van der Waals surface area contributed by atoms with E-state index in [-0.39, 0.29) is 18.0 Å². The number of nitrogens with one attached hydrogen (secondary N) is 3. The van der Waals surface area contributed by atoms with Crippen LogP contribution in [0.4, 0.5) is 13.2 Å². The summed E-state index contributed by atoms with van der Waals surface area (Å²) in [5.74, 6) is -2.48. The fraction of sp³-hybridized carbons (Fsp3) is 0.625. The highest BCUT2D eigenvalue weighted by Crippen LogP contribution is 2.13. The number of carbonyl (C=O) groups is 3. The standard InChI is InChI=1S/C22H38N4O3S2.C2HF3O2/c1-15(2)20(24-12-17(23)14-30)13-25-19(11-16-7-5-4-6-8-16)21(27)26-18(22(28)29)9-10-31-3;3-2(4,5)1(6)7/h4-8,15,17-20,24-25,30H,9-14,23H2,1-3H3,(H,26,27)(H,28,29);(H,6,7). The van der Waals surface area contributed by atoms with Gasteiger partial charge < -0.3 is 31.9 Å². The largest absolute Gasteiger partial charge is 0.490 e. The summed E-state index contributed by atoms with van der Waals surface area (Å²) in [7, 11) is 0. The predicted octanol–water partition coefficient (Wildman–Crippen LogP) is 2.01. The second kappa shape index (κ2) is 19.1. The number of thiol groups is 1. The molecular formula is C24H39F3N4O5S2. The molecule has 218 valence electrons. The molecule has 1 rings (SSSR count). The number of carbonyl (C=O) groups excluding carboxylic acids is 1. The van der Waals surface area contributed by atoms with Gasteiger partial charge in [0.05, 0.1) is 6.04 Å². The fourth-order valence-corrected chi connectivity index (χ4v) is 3.65. The highest BCUT2D eigenvalue weighted by atomic mass is 32.2. The molecule has 0 saturated heterocycles. The van der Waals surface area contributed by atoms with Gasteiger partial charge in [-0.2, -0.15) is 37.6 Å². The van der Waals surface area contributed by atoms with E-state index < -0.39 is 30.2 Å². The third-order valence-electron chi connectivity index (χ3n) is 5.33. The number of halogens is 3. The van der Waals surface area contributed by atoms with Crippen LogP contribution in [0.25, 0.3) is 0 Å². The third kappa shape index (κ3) is 16.1. The van der Waals surface area contributed by atoms with Crippen molar-refractivity contribution in [3.8, 4) is 0 Å². The summed E-state index contributed by atoms with van der Waals surface area (Å²) in [6.07, 6.45) is -2.31. The van der Waals surface area contributed by atoms with E-state index in [0.717, 1.165) is 5.56 Å². The first kappa shape index (κ1) is 36.0. The normalized spacial score (nSPS) is 14.6. The number of hydrogen-bond donors (Lipinski definition) is 7. The van der Waals surface area contributed by atoms with Gasteiger partial charge >= 0.3 is 18.1 Å². The molecule has 0 aromatic heterocycles. The van der Waals surface area contributed by atoms with Crippen LogP contribution in [0.3, 0.4) is 0 Å². The molecule has 1 amide bonds. The van der Waals surface area contributed by atoms with Crippen LogP contribution in [0.5, 0.6) is 0 Å². The summed E-state index contributed by atoms with van der Waals surface area (Å²) in [5, 5.41) is 26.1. The smallest absolute Gasteiger partial charge is 0.480 e. The Morgan fingerprint density at radius 1 is 1.05 bits per heavy atom. The minimum absolute atomic E-state index is 0.0410. The topological polar surface area (TPSA) is 154 Å². The molecule has 0 aliphatic heterocycles. The average molecular weight is 585 g/mol. The first-order chi connectivity index (χ1) is 17.7. The van der Waals surface area contributed by atoms with Crippen LogP contribution in [0.1, 0.15) is 25.8 Å². The minimum Gasteiger partial charge on any atom is -0.480 e. The van der Waals surface area contributed by atoms with Crippen LogP contribution >= 0.6 is 24.4 Å². The van der Waals surface area contributed by atoms with Crippen LogP contribution in [0, 0.1) is 5.92 Å². The van der Waals surface area contributed by atoms with Crippen molar-refractivity contribution in [2.45, 2.75) is 57.0 Å². The Kier molecular flexibility index (Phi) is 18.1. The number of amides is 1. The van der Waals surface area contributed by atoms with E-state index in [4.69, 9.17) is 15.6 Å². The summed E-state index contributed by atoms with van der Waals surface area (Å²) in [6, 6.07) is 8.36. The van der Waals surface area contributed by atoms with E-state index in [1.807, 2.05) is 36.6 Å². The molecule has 1 aromatic rings. The molecule has 1 aromatic carbocycles. The number of hydrogen-bond acceptors (Lipinski definition) is 8. The number of nitrogens with two attached hydrogens (primary N) is 1. The summed E-state index contributed by atoms with van der Waals surface area (Å²) in [5.41, 5.74) is 6.98. The van der Waals surface area contributed by atoms with Gasteiger partial charge in [0.25, 0.3) is 0 Å². The van der Waals surface area contributed by atoms with Crippen molar-refractivity contribution in [2.24, 2.45) is 11.7 Å². The molecule has 0 fully saturated rings. The van der Waals surface area contributed by atoms with Gasteiger partial charge in [-0.1, -0.05) is 44.2 Å². The Morgan fingerprint density at radius 3 is 2.08 bits per heavy atom. The van der Waals surface area contributed by atoms with Gasteiger partial charge in [-0.05, 0) is 36.3 Å². The number of carboxylic acids is 2. The lowest BCUT2D eigenvalue weighted by atomic mass is 10.0. The molecule has 38 heavy (non-hydrogen) atoms. The Bertz CT molecular complexity index is 835. The predicted molar refractivity (Wildman–Crippen MR) is 147 cm³/mol. The van der Waals surface area contributed by atoms with Crippen molar-refractivity contribution < 1.29 is 37.8 Å². The zero-order valence-electron chi connectivity index (χ0n) is 21.7. The first-order valence-corrected chi connectivity index (χ1v) is 13.9. The molecule has 0 saturated carbocycles. The summed E-state index contributed by atoms with van der Waals surface area (Å²) < 4.78 is 31.7.